The molecular formula is C24H52ClNO2. The Bertz CT molecular complexity index is 278. The highest BCUT2D eigenvalue weighted by atomic mass is 35.5. The van der Waals surface area contributed by atoms with Crippen LogP contribution >= 0.6 is 12.4 Å². The number of aliphatic hydroxyl groups is 2. The molecule has 0 aliphatic heterocycles. The van der Waals surface area contributed by atoms with Gasteiger partial charge < -0.3 is 15.9 Å². The average molecular weight is 422 g/mol. The van der Waals surface area contributed by atoms with E-state index in [1.165, 1.54) is 89.9 Å². The van der Waals surface area contributed by atoms with E-state index in [9.17, 15) is 10.2 Å². The van der Waals surface area contributed by atoms with Gasteiger partial charge in [-0.1, -0.05) is 129 Å². The predicted molar refractivity (Wildman–Crippen MR) is 126 cm³/mol. The topological polar surface area (TPSA) is 66.5 Å². The van der Waals surface area contributed by atoms with Crippen molar-refractivity contribution in [1.82, 2.24) is 0 Å². The first-order valence-electron chi connectivity index (χ1n) is 12.2. The van der Waals surface area contributed by atoms with Gasteiger partial charge in [-0.25, -0.2) is 0 Å². The summed E-state index contributed by atoms with van der Waals surface area (Å²) in [6, 6.07) is 0. The standard InChI is InChI=1S/C24H51NO2.ClH/c1-3-5-7-9-11-13-15-17-19-21-24(25,23(26)27)22-20-18-16-14-12-10-8-6-4-2;/h23,26-27H,3-22,25H2,1-2H3;1H. The molecule has 0 amide bonds. The van der Waals surface area contributed by atoms with Crippen molar-refractivity contribution in [3.8, 4) is 0 Å². The van der Waals surface area contributed by atoms with Crippen molar-refractivity contribution >= 4 is 12.4 Å². The number of unbranched alkanes of at least 4 members (excludes halogenated alkanes) is 16. The highest BCUT2D eigenvalue weighted by Crippen LogP contribution is 2.24. The van der Waals surface area contributed by atoms with Crippen LogP contribution in [0.3, 0.4) is 0 Å². The maximum atomic E-state index is 9.75. The van der Waals surface area contributed by atoms with Crippen molar-refractivity contribution < 1.29 is 10.2 Å². The lowest BCUT2D eigenvalue weighted by atomic mass is 9.86. The molecule has 0 fully saturated rings. The average Bonchev–Trinajstić information content (AvgIpc) is 2.65. The Morgan fingerprint density at radius 1 is 0.536 bits per heavy atom. The smallest absolute Gasteiger partial charge is 0.169 e. The second-order valence-electron chi connectivity index (χ2n) is 8.76. The summed E-state index contributed by atoms with van der Waals surface area (Å²) in [5, 5.41) is 19.5. The molecule has 0 atom stereocenters. The summed E-state index contributed by atoms with van der Waals surface area (Å²) >= 11 is 0. The van der Waals surface area contributed by atoms with Crippen molar-refractivity contribution in [2.45, 2.75) is 154 Å². The molecule has 4 heteroatoms. The molecule has 0 unspecified atom stereocenters. The van der Waals surface area contributed by atoms with E-state index in [1.807, 2.05) is 0 Å². The first kappa shape index (κ1) is 30.4. The van der Waals surface area contributed by atoms with Crippen LogP contribution in [0.4, 0.5) is 0 Å². The van der Waals surface area contributed by atoms with E-state index in [0.29, 0.717) is 0 Å². The second-order valence-corrected chi connectivity index (χ2v) is 8.76. The lowest BCUT2D eigenvalue weighted by Crippen LogP contribution is -2.50. The Balaban J connectivity index is 0. The van der Waals surface area contributed by atoms with Gasteiger partial charge in [-0.05, 0) is 12.8 Å². The summed E-state index contributed by atoms with van der Waals surface area (Å²) in [6.45, 7) is 4.51. The maximum absolute atomic E-state index is 9.75. The zero-order valence-electron chi connectivity index (χ0n) is 19.1. The van der Waals surface area contributed by atoms with E-state index in [2.05, 4.69) is 13.8 Å². The first-order valence-corrected chi connectivity index (χ1v) is 12.2. The normalized spacial score (nSPS) is 11.8. The zero-order valence-corrected chi connectivity index (χ0v) is 19.9. The van der Waals surface area contributed by atoms with Gasteiger partial charge in [0, 0.05) is 0 Å². The van der Waals surface area contributed by atoms with Crippen molar-refractivity contribution in [2.24, 2.45) is 5.73 Å². The van der Waals surface area contributed by atoms with Gasteiger partial charge in [-0.3, -0.25) is 0 Å². The Morgan fingerprint density at radius 3 is 1.04 bits per heavy atom. The number of rotatable bonds is 21. The molecule has 0 saturated heterocycles. The fraction of sp³-hybridized carbons (Fsp3) is 1.00. The molecule has 0 aromatic heterocycles. The number of halogens is 1. The quantitative estimate of drug-likeness (QED) is 0.135. The molecule has 0 aromatic rings. The minimum Gasteiger partial charge on any atom is -0.367 e. The number of hydrogen-bond donors (Lipinski definition) is 3. The van der Waals surface area contributed by atoms with E-state index >= 15 is 0 Å². The van der Waals surface area contributed by atoms with Gasteiger partial charge in [0.1, 0.15) is 0 Å². The van der Waals surface area contributed by atoms with E-state index in [1.54, 1.807) is 0 Å². The van der Waals surface area contributed by atoms with Crippen molar-refractivity contribution in [2.75, 3.05) is 0 Å². The van der Waals surface area contributed by atoms with Crippen LogP contribution in [-0.2, 0) is 0 Å². The summed E-state index contributed by atoms with van der Waals surface area (Å²) < 4.78 is 0. The fourth-order valence-electron chi connectivity index (χ4n) is 3.91. The number of hydrogen-bond acceptors (Lipinski definition) is 3. The molecule has 0 rings (SSSR count). The minimum absolute atomic E-state index is 0. The first-order chi connectivity index (χ1) is 13.1. The SMILES string of the molecule is CCCCCCCCCCCC(N)(CCCCCCCCCCC)C(O)O.Cl. The third-order valence-corrected chi connectivity index (χ3v) is 6.01. The molecule has 0 aliphatic rings. The Labute approximate surface area is 182 Å². The molecule has 3 nitrogen and oxygen atoms in total. The molecule has 0 spiro atoms. The Kier molecular flexibility index (Phi) is 23.7. The van der Waals surface area contributed by atoms with Crippen LogP contribution in [0.15, 0.2) is 0 Å². The zero-order chi connectivity index (χ0) is 20.2. The van der Waals surface area contributed by atoms with E-state index in [4.69, 9.17) is 5.73 Å². The van der Waals surface area contributed by atoms with E-state index in [-0.39, 0.29) is 12.4 Å². The van der Waals surface area contributed by atoms with Gasteiger partial charge in [0.25, 0.3) is 0 Å². The molecule has 172 valence electrons. The summed E-state index contributed by atoms with van der Waals surface area (Å²) in [5.41, 5.74) is 5.53. The lowest BCUT2D eigenvalue weighted by Gasteiger charge is -2.31. The molecule has 0 heterocycles. The Hall–Kier alpha value is 0.170. The van der Waals surface area contributed by atoms with Crippen molar-refractivity contribution in [3.63, 3.8) is 0 Å². The van der Waals surface area contributed by atoms with Crippen LogP contribution in [0.25, 0.3) is 0 Å². The van der Waals surface area contributed by atoms with Crippen LogP contribution in [0, 0.1) is 0 Å². The van der Waals surface area contributed by atoms with Gasteiger partial charge in [0.15, 0.2) is 6.29 Å². The molecule has 0 saturated carbocycles. The van der Waals surface area contributed by atoms with Gasteiger partial charge in [0.2, 0.25) is 0 Å². The van der Waals surface area contributed by atoms with Gasteiger partial charge in [0.05, 0.1) is 5.54 Å². The van der Waals surface area contributed by atoms with E-state index < -0.39 is 11.8 Å². The fourth-order valence-corrected chi connectivity index (χ4v) is 3.91. The predicted octanol–water partition coefficient (Wildman–Crippen LogP) is 7.26. The van der Waals surface area contributed by atoms with Gasteiger partial charge in [-0.2, -0.15) is 0 Å². The summed E-state index contributed by atoms with van der Waals surface area (Å²) in [4.78, 5) is 0. The van der Waals surface area contributed by atoms with Gasteiger partial charge in [-0.15, -0.1) is 12.4 Å². The van der Waals surface area contributed by atoms with Crippen LogP contribution < -0.4 is 5.73 Å². The number of aliphatic hydroxyl groups excluding tert-OH is 1. The highest BCUT2D eigenvalue weighted by Gasteiger charge is 2.31. The lowest BCUT2D eigenvalue weighted by molar-refractivity contribution is -0.102. The summed E-state index contributed by atoms with van der Waals surface area (Å²) in [7, 11) is 0. The second kappa shape index (κ2) is 21.9. The maximum Gasteiger partial charge on any atom is 0.169 e. The largest absolute Gasteiger partial charge is 0.367 e. The molecule has 0 aliphatic carbocycles. The number of nitrogens with two attached hydrogens (primary N) is 1. The summed E-state index contributed by atoms with van der Waals surface area (Å²) in [6.07, 6.45) is 23.1. The van der Waals surface area contributed by atoms with E-state index in [0.717, 1.165) is 38.5 Å². The summed E-state index contributed by atoms with van der Waals surface area (Å²) in [5.74, 6) is 0. The highest BCUT2D eigenvalue weighted by molar-refractivity contribution is 5.85. The van der Waals surface area contributed by atoms with Crippen LogP contribution in [0.1, 0.15) is 142 Å². The van der Waals surface area contributed by atoms with Crippen LogP contribution in [0.5, 0.6) is 0 Å². The molecule has 0 aromatic carbocycles. The molecule has 28 heavy (non-hydrogen) atoms. The monoisotopic (exact) mass is 421 g/mol. The van der Waals surface area contributed by atoms with Crippen LogP contribution in [-0.4, -0.2) is 22.0 Å². The van der Waals surface area contributed by atoms with Crippen molar-refractivity contribution in [3.05, 3.63) is 0 Å². The van der Waals surface area contributed by atoms with Gasteiger partial charge >= 0.3 is 0 Å². The molecule has 4 N–H and O–H groups in total. The van der Waals surface area contributed by atoms with Crippen molar-refractivity contribution in [1.29, 1.82) is 0 Å². The molecular weight excluding hydrogens is 370 g/mol. The third kappa shape index (κ3) is 18.2. The molecule has 0 radical (unpaired) electrons. The Morgan fingerprint density at radius 2 is 0.786 bits per heavy atom. The minimum atomic E-state index is -1.39. The van der Waals surface area contributed by atoms with Crippen LogP contribution in [0.2, 0.25) is 0 Å². The third-order valence-electron chi connectivity index (χ3n) is 6.01. The molecule has 0 bridgehead atoms.